The van der Waals surface area contributed by atoms with Crippen molar-refractivity contribution in [2.24, 2.45) is 0 Å². The number of pyridine rings is 1. The summed E-state index contributed by atoms with van der Waals surface area (Å²) in [6, 6.07) is 10.5. The molecule has 0 spiro atoms. The maximum Gasteiger partial charge on any atom is 0.417 e. The van der Waals surface area contributed by atoms with E-state index in [-0.39, 0.29) is 5.91 Å². The number of hydrogen-bond donors (Lipinski definition) is 0. The second kappa shape index (κ2) is 9.47. The van der Waals surface area contributed by atoms with Gasteiger partial charge in [-0.2, -0.15) is 13.2 Å². The molecule has 2 heterocycles. The molecule has 0 radical (unpaired) electrons. The summed E-state index contributed by atoms with van der Waals surface area (Å²) in [4.78, 5) is 22.5. The van der Waals surface area contributed by atoms with Crippen LogP contribution >= 0.6 is 0 Å². The maximum atomic E-state index is 12.7. The zero-order chi connectivity index (χ0) is 21.7. The lowest BCUT2D eigenvalue weighted by atomic mass is 10.1. The lowest BCUT2D eigenvalue weighted by Crippen LogP contribution is -2.40. The van der Waals surface area contributed by atoms with Gasteiger partial charge in [0, 0.05) is 46.0 Å². The third kappa shape index (κ3) is 5.72. The third-order valence-corrected chi connectivity index (χ3v) is 5.44. The van der Waals surface area contributed by atoms with Crippen molar-refractivity contribution in [2.45, 2.75) is 26.1 Å². The van der Waals surface area contributed by atoms with E-state index in [4.69, 9.17) is 0 Å². The van der Waals surface area contributed by atoms with Gasteiger partial charge in [-0.05, 0) is 36.6 Å². The Labute approximate surface area is 175 Å². The summed E-state index contributed by atoms with van der Waals surface area (Å²) < 4.78 is 38.2. The summed E-state index contributed by atoms with van der Waals surface area (Å²) >= 11 is 0. The Morgan fingerprint density at radius 2 is 1.87 bits per heavy atom. The van der Waals surface area contributed by atoms with Crippen molar-refractivity contribution < 1.29 is 18.0 Å². The van der Waals surface area contributed by atoms with E-state index >= 15 is 0 Å². The molecule has 1 saturated heterocycles. The van der Waals surface area contributed by atoms with Gasteiger partial charge >= 0.3 is 6.18 Å². The molecule has 1 aliphatic rings. The molecule has 0 aliphatic carbocycles. The fraction of sp³-hybridized carbons (Fsp3) is 0.455. The van der Waals surface area contributed by atoms with Crippen LogP contribution in [0.25, 0.3) is 0 Å². The van der Waals surface area contributed by atoms with Crippen molar-refractivity contribution in [3.8, 4) is 0 Å². The number of aromatic nitrogens is 1. The quantitative estimate of drug-likeness (QED) is 0.741. The number of amides is 1. The first-order valence-corrected chi connectivity index (χ1v) is 10.0. The summed E-state index contributed by atoms with van der Waals surface area (Å²) in [7, 11) is 1.81. The van der Waals surface area contributed by atoms with Crippen LogP contribution in [0.4, 0.5) is 19.0 Å². The van der Waals surface area contributed by atoms with Crippen LogP contribution in [0, 0.1) is 6.92 Å². The summed E-state index contributed by atoms with van der Waals surface area (Å²) in [6.45, 7) is 5.67. The molecule has 1 aliphatic heterocycles. The van der Waals surface area contributed by atoms with E-state index in [1.54, 1.807) is 4.90 Å². The highest BCUT2D eigenvalue weighted by Gasteiger charge is 2.31. The van der Waals surface area contributed by atoms with Gasteiger partial charge in [0.2, 0.25) is 5.91 Å². The van der Waals surface area contributed by atoms with Crippen LogP contribution in [0.2, 0.25) is 0 Å². The Kier molecular flexibility index (Phi) is 6.97. The molecule has 30 heavy (non-hydrogen) atoms. The van der Waals surface area contributed by atoms with E-state index in [1.165, 1.54) is 6.07 Å². The smallest absolute Gasteiger partial charge is 0.355 e. The second-order valence-corrected chi connectivity index (χ2v) is 7.70. The lowest BCUT2D eigenvalue weighted by molar-refractivity contribution is -0.137. The number of likely N-dealkylation sites (N-methyl/N-ethyl adjacent to an activating group) is 1. The number of carbonyl (C=O) groups excluding carboxylic acids is 1. The average molecular weight is 420 g/mol. The molecule has 3 rings (SSSR count). The number of nitrogens with zero attached hydrogens (tertiary/aromatic N) is 4. The Hall–Kier alpha value is -2.61. The average Bonchev–Trinajstić information content (AvgIpc) is 2.94. The predicted molar refractivity (Wildman–Crippen MR) is 110 cm³/mol. The first kappa shape index (κ1) is 22.1. The van der Waals surface area contributed by atoms with Crippen molar-refractivity contribution in [3.05, 3.63) is 59.3 Å². The number of rotatable bonds is 5. The first-order chi connectivity index (χ1) is 14.2. The molecule has 1 fully saturated rings. The molecule has 1 aromatic heterocycles. The van der Waals surface area contributed by atoms with Crippen LogP contribution < -0.4 is 4.90 Å². The van der Waals surface area contributed by atoms with Gasteiger partial charge in [0.25, 0.3) is 0 Å². The molecule has 0 unspecified atom stereocenters. The van der Waals surface area contributed by atoms with Gasteiger partial charge in [-0.1, -0.05) is 24.3 Å². The number of aryl methyl sites for hydroxylation is 1. The molecule has 0 bridgehead atoms. The predicted octanol–water partition coefficient (Wildman–Crippen LogP) is 3.58. The van der Waals surface area contributed by atoms with Crippen LogP contribution in [-0.2, 0) is 17.5 Å². The topological polar surface area (TPSA) is 39.7 Å². The monoisotopic (exact) mass is 420 g/mol. The molecule has 1 aromatic carbocycles. The Morgan fingerprint density at radius 1 is 1.10 bits per heavy atom. The number of benzene rings is 1. The van der Waals surface area contributed by atoms with Crippen LogP contribution in [0.3, 0.4) is 0 Å². The van der Waals surface area contributed by atoms with Gasteiger partial charge in [0.1, 0.15) is 5.82 Å². The van der Waals surface area contributed by atoms with Gasteiger partial charge in [-0.15, -0.1) is 0 Å². The van der Waals surface area contributed by atoms with E-state index in [0.717, 1.165) is 36.4 Å². The molecular weight excluding hydrogens is 393 g/mol. The molecule has 162 valence electrons. The van der Waals surface area contributed by atoms with E-state index in [9.17, 15) is 18.0 Å². The zero-order valence-electron chi connectivity index (χ0n) is 17.3. The molecule has 0 N–H and O–H groups in total. The number of anilines is 1. The number of carbonyl (C=O) groups is 1. The molecule has 0 atom stereocenters. The fourth-order valence-corrected chi connectivity index (χ4v) is 3.54. The molecule has 1 amide bonds. The summed E-state index contributed by atoms with van der Waals surface area (Å²) in [5.41, 5.74) is 1.54. The van der Waals surface area contributed by atoms with Crippen LogP contribution in [0.5, 0.6) is 0 Å². The third-order valence-electron chi connectivity index (χ3n) is 5.44. The van der Waals surface area contributed by atoms with Crippen molar-refractivity contribution in [2.75, 3.05) is 44.7 Å². The minimum absolute atomic E-state index is 0.0550. The molecule has 0 saturated carbocycles. The van der Waals surface area contributed by atoms with Crippen LogP contribution in [0.15, 0.2) is 42.6 Å². The van der Waals surface area contributed by atoms with E-state index in [1.807, 2.05) is 43.1 Å². The van der Waals surface area contributed by atoms with E-state index in [0.29, 0.717) is 38.5 Å². The molecular formula is C22H27F3N4O. The van der Waals surface area contributed by atoms with Crippen molar-refractivity contribution in [3.63, 3.8) is 0 Å². The second-order valence-electron chi connectivity index (χ2n) is 7.70. The molecule has 2 aromatic rings. The first-order valence-electron chi connectivity index (χ1n) is 10.0. The van der Waals surface area contributed by atoms with Crippen molar-refractivity contribution >= 4 is 11.7 Å². The SMILES string of the molecule is Cc1ccccc1CN(C)C(=O)CN1CCCN(c2ccc(C(F)(F)F)cn2)CC1. The number of halogens is 3. The Morgan fingerprint density at radius 3 is 2.53 bits per heavy atom. The normalized spacial score (nSPS) is 15.7. The summed E-state index contributed by atoms with van der Waals surface area (Å²) in [5.74, 6) is 0.590. The van der Waals surface area contributed by atoms with Crippen LogP contribution in [0.1, 0.15) is 23.1 Å². The summed E-state index contributed by atoms with van der Waals surface area (Å²) in [6.07, 6.45) is -2.69. The van der Waals surface area contributed by atoms with Crippen molar-refractivity contribution in [1.82, 2.24) is 14.8 Å². The van der Waals surface area contributed by atoms with E-state index in [2.05, 4.69) is 9.88 Å². The minimum Gasteiger partial charge on any atom is -0.355 e. The largest absolute Gasteiger partial charge is 0.417 e. The van der Waals surface area contributed by atoms with Gasteiger partial charge < -0.3 is 9.80 Å². The van der Waals surface area contributed by atoms with Gasteiger partial charge in [-0.25, -0.2) is 4.98 Å². The highest BCUT2D eigenvalue weighted by molar-refractivity contribution is 5.78. The number of alkyl halides is 3. The Bertz CT molecular complexity index is 854. The molecule has 5 nitrogen and oxygen atoms in total. The zero-order valence-corrected chi connectivity index (χ0v) is 17.3. The summed E-state index contributed by atoms with van der Waals surface area (Å²) in [5, 5.41) is 0. The fourth-order valence-electron chi connectivity index (χ4n) is 3.54. The Balaban J connectivity index is 1.53. The van der Waals surface area contributed by atoms with E-state index < -0.39 is 11.7 Å². The minimum atomic E-state index is -4.38. The van der Waals surface area contributed by atoms with Crippen molar-refractivity contribution in [1.29, 1.82) is 0 Å². The van der Waals surface area contributed by atoms with Crippen LogP contribution in [-0.4, -0.2) is 60.5 Å². The lowest BCUT2D eigenvalue weighted by Gasteiger charge is -2.25. The van der Waals surface area contributed by atoms with Gasteiger partial charge in [0.15, 0.2) is 0 Å². The van der Waals surface area contributed by atoms with Gasteiger partial charge in [0.05, 0.1) is 12.1 Å². The number of hydrogen-bond acceptors (Lipinski definition) is 4. The standard InChI is InChI=1S/C22H27F3N4O/c1-17-6-3-4-7-18(17)15-27(2)21(30)16-28-10-5-11-29(13-12-28)20-9-8-19(14-26-20)22(23,24)25/h3-4,6-9,14H,5,10-13,15-16H2,1-2H3. The van der Waals surface area contributed by atoms with Gasteiger partial charge in [-0.3, -0.25) is 9.69 Å². The molecule has 8 heteroatoms. The highest BCUT2D eigenvalue weighted by Crippen LogP contribution is 2.29. The maximum absolute atomic E-state index is 12.7. The highest BCUT2D eigenvalue weighted by atomic mass is 19.4.